The average molecular weight is 256 g/mol. The number of nitro groups is 1. The fourth-order valence-electron chi connectivity index (χ4n) is 1.94. The molecule has 1 N–H and O–H groups in total. The van der Waals surface area contributed by atoms with E-state index in [4.69, 9.17) is 4.74 Å². The molecule has 1 aliphatic heterocycles. The van der Waals surface area contributed by atoms with Crippen molar-refractivity contribution in [3.8, 4) is 0 Å². The lowest BCUT2D eigenvalue weighted by atomic mass is 9.95. The van der Waals surface area contributed by atoms with Crippen LogP contribution in [0.5, 0.6) is 0 Å². The first kappa shape index (κ1) is 12.5. The third-order valence-electron chi connectivity index (χ3n) is 2.98. The molecule has 0 spiro atoms. The summed E-state index contributed by atoms with van der Waals surface area (Å²) in [6, 6.07) is 1.63. The van der Waals surface area contributed by atoms with Crippen molar-refractivity contribution >= 4 is 16.3 Å². The number of rotatable bonds is 4. The Morgan fingerprint density at radius 2 is 2.53 bits per heavy atom. The van der Waals surface area contributed by atoms with Gasteiger partial charge < -0.3 is 10.1 Å². The molecule has 2 heterocycles. The molecule has 1 fully saturated rings. The van der Waals surface area contributed by atoms with Crippen LogP contribution in [0.15, 0.2) is 11.4 Å². The molecule has 0 saturated carbocycles. The van der Waals surface area contributed by atoms with Crippen molar-refractivity contribution < 1.29 is 9.66 Å². The molecule has 0 aliphatic carbocycles. The average Bonchev–Trinajstić information content (AvgIpc) is 2.76. The highest BCUT2D eigenvalue weighted by Crippen LogP contribution is 2.24. The minimum atomic E-state index is -0.348. The standard InChI is InChI=1S/C11H16N2O3S/c1-11(3-2-4-16-8-11)12-6-9-5-10(13(14)15)17-7-9/h5,7,12H,2-4,6,8H2,1H3. The molecule has 1 atom stereocenters. The maximum Gasteiger partial charge on any atom is 0.324 e. The van der Waals surface area contributed by atoms with E-state index in [-0.39, 0.29) is 15.5 Å². The molecule has 2 rings (SSSR count). The number of nitrogens with zero attached hydrogens (tertiary/aromatic N) is 1. The highest BCUT2D eigenvalue weighted by Gasteiger charge is 2.26. The molecule has 94 valence electrons. The maximum atomic E-state index is 10.6. The maximum absolute atomic E-state index is 10.6. The molecule has 1 aliphatic rings. The topological polar surface area (TPSA) is 64.4 Å². The van der Waals surface area contributed by atoms with Gasteiger partial charge in [0.25, 0.3) is 0 Å². The first-order valence-corrected chi connectivity index (χ1v) is 6.52. The summed E-state index contributed by atoms with van der Waals surface area (Å²) in [6.07, 6.45) is 2.15. The summed E-state index contributed by atoms with van der Waals surface area (Å²) in [4.78, 5) is 10.2. The van der Waals surface area contributed by atoms with Gasteiger partial charge in [0.1, 0.15) is 0 Å². The molecule has 0 aromatic carbocycles. The van der Waals surface area contributed by atoms with Crippen LogP contribution in [0.25, 0.3) is 0 Å². The van der Waals surface area contributed by atoms with E-state index in [0.29, 0.717) is 13.2 Å². The van der Waals surface area contributed by atoms with Gasteiger partial charge >= 0.3 is 5.00 Å². The summed E-state index contributed by atoms with van der Waals surface area (Å²) in [7, 11) is 0. The Morgan fingerprint density at radius 1 is 1.71 bits per heavy atom. The first-order chi connectivity index (χ1) is 8.09. The normalized spacial score (nSPS) is 24.8. The van der Waals surface area contributed by atoms with Crippen molar-refractivity contribution in [3.05, 3.63) is 27.1 Å². The Hall–Kier alpha value is -0.980. The Kier molecular flexibility index (Phi) is 3.76. The van der Waals surface area contributed by atoms with Crippen LogP contribution in [-0.4, -0.2) is 23.7 Å². The SMILES string of the molecule is CC1(NCc2csc([N+](=O)[O-])c2)CCCOC1. The summed E-state index contributed by atoms with van der Waals surface area (Å²) in [6.45, 7) is 4.33. The lowest BCUT2D eigenvalue weighted by Gasteiger charge is -2.34. The molecule has 0 bridgehead atoms. The van der Waals surface area contributed by atoms with Gasteiger partial charge in [-0.2, -0.15) is 0 Å². The van der Waals surface area contributed by atoms with Crippen LogP contribution in [0.2, 0.25) is 0 Å². The Labute approximate surface area is 104 Å². The summed E-state index contributed by atoms with van der Waals surface area (Å²) in [5.74, 6) is 0. The van der Waals surface area contributed by atoms with Crippen molar-refractivity contribution in [2.45, 2.75) is 31.8 Å². The molecular weight excluding hydrogens is 240 g/mol. The van der Waals surface area contributed by atoms with Crippen molar-refractivity contribution in [1.29, 1.82) is 0 Å². The fraction of sp³-hybridized carbons (Fsp3) is 0.636. The van der Waals surface area contributed by atoms with E-state index in [9.17, 15) is 10.1 Å². The quantitative estimate of drug-likeness (QED) is 0.663. The molecular formula is C11H16N2O3S. The zero-order valence-corrected chi connectivity index (χ0v) is 10.6. The molecule has 1 aromatic heterocycles. The highest BCUT2D eigenvalue weighted by molar-refractivity contribution is 7.13. The third-order valence-corrected chi connectivity index (χ3v) is 3.91. The smallest absolute Gasteiger partial charge is 0.324 e. The van der Waals surface area contributed by atoms with Gasteiger partial charge in [0.05, 0.1) is 11.5 Å². The second-order valence-electron chi connectivity index (χ2n) is 4.62. The van der Waals surface area contributed by atoms with E-state index < -0.39 is 0 Å². The molecule has 1 saturated heterocycles. The van der Waals surface area contributed by atoms with Crippen LogP contribution in [0.4, 0.5) is 5.00 Å². The van der Waals surface area contributed by atoms with E-state index in [2.05, 4.69) is 12.2 Å². The number of hydrogen-bond donors (Lipinski definition) is 1. The molecule has 0 amide bonds. The van der Waals surface area contributed by atoms with Gasteiger partial charge in [-0.25, -0.2) is 0 Å². The number of thiophene rings is 1. The summed E-state index contributed by atoms with van der Waals surface area (Å²) < 4.78 is 5.45. The van der Waals surface area contributed by atoms with Crippen LogP contribution in [0.1, 0.15) is 25.3 Å². The van der Waals surface area contributed by atoms with E-state index in [1.165, 1.54) is 11.3 Å². The van der Waals surface area contributed by atoms with Gasteiger partial charge in [-0.1, -0.05) is 11.3 Å². The second kappa shape index (κ2) is 5.12. The predicted molar refractivity (Wildman–Crippen MR) is 66.3 cm³/mol. The van der Waals surface area contributed by atoms with Gasteiger partial charge in [-0.15, -0.1) is 0 Å². The van der Waals surface area contributed by atoms with Gasteiger partial charge in [0.2, 0.25) is 0 Å². The van der Waals surface area contributed by atoms with Crippen LogP contribution < -0.4 is 5.32 Å². The second-order valence-corrected chi connectivity index (χ2v) is 5.51. The molecule has 17 heavy (non-hydrogen) atoms. The van der Waals surface area contributed by atoms with Crippen LogP contribution in [-0.2, 0) is 11.3 Å². The lowest BCUT2D eigenvalue weighted by molar-refractivity contribution is -0.380. The Bertz CT molecular complexity index is 399. The third kappa shape index (κ3) is 3.24. The van der Waals surface area contributed by atoms with E-state index in [1.807, 2.05) is 5.38 Å². The van der Waals surface area contributed by atoms with E-state index in [0.717, 1.165) is 25.0 Å². The summed E-state index contributed by atoms with van der Waals surface area (Å²) in [5, 5.41) is 16.0. The van der Waals surface area contributed by atoms with Crippen molar-refractivity contribution in [2.75, 3.05) is 13.2 Å². The first-order valence-electron chi connectivity index (χ1n) is 5.64. The summed E-state index contributed by atoms with van der Waals surface area (Å²) in [5.41, 5.74) is 0.961. The fourth-order valence-corrected chi connectivity index (χ4v) is 2.67. The van der Waals surface area contributed by atoms with Crippen LogP contribution >= 0.6 is 11.3 Å². The van der Waals surface area contributed by atoms with Crippen molar-refractivity contribution in [2.24, 2.45) is 0 Å². The molecule has 6 heteroatoms. The minimum Gasteiger partial charge on any atom is -0.380 e. The molecule has 0 radical (unpaired) electrons. The zero-order valence-electron chi connectivity index (χ0n) is 9.77. The number of hydrogen-bond acceptors (Lipinski definition) is 5. The van der Waals surface area contributed by atoms with Gasteiger partial charge in [0, 0.05) is 30.1 Å². The largest absolute Gasteiger partial charge is 0.380 e. The predicted octanol–water partition coefficient (Wildman–Crippen LogP) is 2.32. The minimum absolute atomic E-state index is 0.00499. The van der Waals surface area contributed by atoms with Crippen LogP contribution in [0.3, 0.4) is 0 Å². The molecule has 1 unspecified atom stereocenters. The Balaban J connectivity index is 1.90. The number of ether oxygens (including phenoxy) is 1. The van der Waals surface area contributed by atoms with E-state index in [1.54, 1.807) is 6.07 Å². The zero-order chi connectivity index (χ0) is 12.3. The van der Waals surface area contributed by atoms with Crippen molar-refractivity contribution in [1.82, 2.24) is 5.32 Å². The Morgan fingerprint density at radius 3 is 3.12 bits per heavy atom. The van der Waals surface area contributed by atoms with Crippen LogP contribution in [0, 0.1) is 10.1 Å². The number of nitrogens with one attached hydrogen (secondary N) is 1. The highest BCUT2D eigenvalue weighted by atomic mass is 32.1. The van der Waals surface area contributed by atoms with Gasteiger partial charge in [0.15, 0.2) is 0 Å². The lowest BCUT2D eigenvalue weighted by Crippen LogP contribution is -2.48. The molecule has 5 nitrogen and oxygen atoms in total. The summed E-state index contributed by atoms with van der Waals surface area (Å²) >= 11 is 1.17. The van der Waals surface area contributed by atoms with Gasteiger partial charge in [-0.05, 0) is 25.3 Å². The molecule has 1 aromatic rings. The monoisotopic (exact) mass is 256 g/mol. The van der Waals surface area contributed by atoms with Crippen molar-refractivity contribution in [3.63, 3.8) is 0 Å². The van der Waals surface area contributed by atoms with E-state index >= 15 is 0 Å². The van der Waals surface area contributed by atoms with Gasteiger partial charge in [-0.3, -0.25) is 10.1 Å².